The molecule has 4 aromatic rings. The number of H-pyrrole nitrogens is 1. The number of aromatic nitrogens is 3. The third-order valence-corrected chi connectivity index (χ3v) is 4.63. The summed E-state index contributed by atoms with van der Waals surface area (Å²) in [7, 11) is 0. The van der Waals surface area contributed by atoms with Crippen molar-refractivity contribution < 1.29 is 9.32 Å². The maximum Gasteiger partial charge on any atom is 0.268 e. The molecule has 0 aliphatic carbocycles. The number of fused-ring (bicyclic) bond motifs is 1. The molecule has 6 nitrogen and oxygen atoms in total. The molecule has 136 valence electrons. The fourth-order valence-electron chi connectivity index (χ4n) is 3.28. The Balaban J connectivity index is 1.52. The molecule has 0 atom stereocenters. The molecule has 2 heterocycles. The lowest BCUT2D eigenvalue weighted by Crippen LogP contribution is -2.24. The standard InChI is InChI=1S/C21H20N4O2/c1-12-9-13(2)18-16(10-12)14(3)19(24-18)20(26)22-11-17-23-21(27-25-17)15-7-5-4-6-8-15/h4-10,24H,11H2,1-3H3,(H,22,26). The number of nitrogens with zero attached hydrogens (tertiary/aromatic N) is 2. The second-order valence-corrected chi connectivity index (χ2v) is 6.69. The van der Waals surface area contributed by atoms with E-state index < -0.39 is 0 Å². The minimum absolute atomic E-state index is 0.188. The zero-order valence-electron chi connectivity index (χ0n) is 15.5. The van der Waals surface area contributed by atoms with Crippen LogP contribution in [0.4, 0.5) is 0 Å². The molecule has 0 aliphatic heterocycles. The van der Waals surface area contributed by atoms with E-state index in [1.54, 1.807) is 0 Å². The van der Waals surface area contributed by atoms with Crippen LogP contribution in [0, 0.1) is 20.8 Å². The van der Waals surface area contributed by atoms with Crippen molar-refractivity contribution in [1.82, 2.24) is 20.4 Å². The number of carbonyl (C=O) groups is 1. The Morgan fingerprint density at radius 1 is 1.15 bits per heavy atom. The van der Waals surface area contributed by atoms with Crippen LogP contribution >= 0.6 is 0 Å². The van der Waals surface area contributed by atoms with E-state index in [1.807, 2.05) is 44.2 Å². The van der Waals surface area contributed by atoms with Crippen molar-refractivity contribution in [2.24, 2.45) is 0 Å². The Kier molecular flexibility index (Phi) is 4.24. The molecule has 2 N–H and O–H groups in total. The summed E-state index contributed by atoms with van der Waals surface area (Å²) in [6.07, 6.45) is 0. The maximum atomic E-state index is 12.7. The van der Waals surface area contributed by atoms with Crippen LogP contribution in [0.1, 0.15) is 33.0 Å². The van der Waals surface area contributed by atoms with Crippen LogP contribution in [0.2, 0.25) is 0 Å². The number of carbonyl (C=O) groups excluding carboxylic acids is 1. The van der Waals surface area contributed by atoms with Gasteiger partial charge in [0.15, 0.2) is 5.82 Å². The zero-order chi connectivity index (χ0) is 19.0. The molecule has 0 saturated carbocycles. The van der Waals surface area contributed by atoms with E-state index >= 15 is 0 Å². The molecule has 2 aromatic carbocycles. The summed E-state index contributed by atoms with van der Waals surface area (Å²) in [5.74, 6) is 0.683. The third kappa shape index (κ3) is 3.21. The van der Waals surface area contributed by atoms with Crippen LogP contribution < -0.4 is 5.32 Å². The molecule has 0 radical (unpaired) electrons. The summed E-state index contributed by atoms with van der Waals surface area (Å²) < 4.78 is 5.27. The Bertz CT molecular complexity index is 1130. The van der Waals surface area contributed by atoms with E-state index in [-0.39, 0.29) is 12.5 Å². The Hall–Kier alpha value is -3.41. The van der Waals surface area contributed by atoms with E-state index in [1.165, 1.54) is 5.56 Å². The minimum atomic E-state index is -0.188. The lowest BCUT2D eigenvalue weighted by Gasteiger charge is -2.01. The molecule has 0 spiro atoms. The van der Waals surface area contributed by atoms with Crippen LogP contribution in [0.15, 0.2) is 47.0 Å². The normalized spacial score (nSPS) is 11.1. The second-order valence-electron chi connectivity index (χ2n) is 6.69. The van der Waals surface area contributed by atoms with E-state index in [4.69, 9.17) is 4.52 Å². The maximum absolute atomic E-state index is 12.7. The molecule has 4 rings (SSSR count). The fourth-order valence-corrected chi connectivity index (χ4v) is 3.28. The van der Waals surface area contributed by atoms with Crippen LogP contribution in [-0.2, 0) is 6.54 Å². The van der Waals surface area contributed by atoms with Crippen molar-refractivity contribution in [2.75, 3.05) is 0 Å². The summed E-state index contributed by atoms with van der Waals surface area (Å²) in [6, 6.07) is 13.7. The number of aromatic amines is 1. The van der Waals surface area contributed by atoms with Gasteiger partial charge in [-0.15, -0.1) is 0 Å². The largest absolute Gasteiger partial charge is 0.350 e. The number of nitrogens with one attached hydrogen (secondary N) is 2. The summed E-state index contributed by atoms with van der Waals surface area (Å²) in [5, 5.41) is 7.87. The highest BCUT2D eigenvalue weighted by molar-refractivity contribution is 6.01. The monoisotopic (exact) mass is 360 g/mol. The van der Waals surface area contributed by atoms with Crippen molar-refractivity contribution in [1.29, 1.82) is 0 Å². The van der Waals surface area contributed by atoms with Crippen molar-refractivity contribution in [3.8, 4) is 11.5 Å². The van der Waals surface area contributed by atoms with Gasteiger partial charge in [0.25, 0.3) is 11.8 Å². The Morgan fingerprint density at radius 3 is 2.70 bits per heavy atom. The quantitative estimate of drug-likeness (QED) is 0.574. The van der Waals surface area contributed by atoms with Gasteiger partial charge in [-0.05, 0) is 50.1 Å². The molecule has 0 bridgehead atoms. The number of benzene rings is 2. The first kappa shape index (κ1) is 17.0. The number of hydrogen-bond donors (Lipinski definition) is 2. The average Bonchev–Trinajstić information content (AvgIpc) is 3.26. The first-order valence-electron chi connectivity index (χ1n) is 8.78. The van der Waals surface area contributed by atoms with Gasteiger partial charge in [0, 0.05) is 16.5 Å². The molecule has 0 saturated heterocycles. The highest BCUT2D eigenvalue weighted by Gasteiger charge is 2.17. The van der Waals surface area contributed by atoms with E-state index in [2.05, 4.69) is 39.5 Å². The van der Waals surface area contributed by atoms with Crippen molar-refractivity contribution in [3.63, 3.8) is 0 Å². The van der Waals surface area contributed by atoms with Crippen molar-refractivity contribution in [3.05, 3.63) is 70.7 Å². The van der Waals surface area contributed by atoms with Crippen LogP contribution in [0.25, 0.3) is 22.4 Å². The fraction of sp³-hybridized carbons (Fsp3) is 0.190. The van der Waals surface area contributed by atoms with Gasteiger partial charge in [0.05, 0.1) is 6.54 Å². The molecule has 1 amide bonds. The summed E-state index contributed by atoms with van der Waals surface area (Å²) in [4.78, 5) is 20.2. The van der Waals surface area contributed by atoms with Gasteiger partial charge in [0.2, 0.25) is 0 Å². The smallest absolute Gasteiger partial charge is 0.268 e. The van der Waals surface area contributed by atoms with Gasteiger partial charge in [-0.1, -0.05) is 35.0 Å². The van der Waals surface area contributed by atoms with Gasteiger partial charge in [0.1, 0.15) is 5.69 Å². The van der Waals surface area contributed by atoms with Gasteiger partial charge >= 0.3 is 0 Å². The molecule has 6 heteroatoms. The third-order valence-electron chi connectivity index (χ3n) is 4.63. The zero-order valence-corrected chi connectivity index (χ0v) is 15.5. The number of amides is 1. The van der Waals surface area contributed by atoms with Gasteiger partial charge in [-0.2, -0.15) is 4.98 Å². The SMILES string of the molecule is Cc1cc(C)c2[nH]c(C(=O)NCc3noc(-c4ccccc4)n3)c(C)c2c1. The molecule has 0 aliphatic rings. The van der Waals surface area contributed by atoms with Gasteiger partial charge < -0.3 is 14.8 Å². The molecule has 0 unspecified atom stereocenters. The first-order valence-corrected chi connectivity index (χ1v) is 8.78. The minimum Gasteiger partial charge on any atom is -0.350 e. The predicted octanol–water partition coefficient (Wildman–Crippen LogP) is 4.07. The van der Waals surface area contributed by atoms with E-state index in [9.17, 15) is 4.79 Å². The molecule has 0 fully saturated rings. The van der Waals surface area contributed by atoms with Crippen LogP contribution in [-0.4, -0.2) is 21.0 Å². The highest BCUT2D eigenvalue weighted by atomic mass is 16.5. The highest BCUT2D eigenvalue weighted by Crippen LogP contribution is 2.26. The molecular weight excluding hydrogens is 340 g/mol. The lowest BCUT2D eigenvalue weighted by molar-refractivity contribution is 0.0945. The number of aryl methyl sites for hydroxylation is 3. The number of hydrogen-bond acceptors (Lipinski definition) is 4. The molecule has 27 heavy (non-hydrogen) atoms. The van der Waals surface area contributed by atoms with Gasteiger partial charge in [-0.25, -0.2) is 0 Å². The summed E-state index contributed by atoms with van der Waals surface area (Å²) >= 11 is 0. The first-order chi connectivity index (χ1) is 13.0. The topological polar surface area (TPSA) is 83.8 Å². The molecule has 2 aromatic heterocycles. The lowest BCUT2D eigenvalue weighted by atomic mass is 10.1. The Labute approximate surface area is 156 Å². The predicted molar refractivity (Wildman–Crippen MR) is 103 cm³/mol. The summed E-state index contributed by atoms with van der Waals surface area (Å²) in [6.45, 7) is 6.24. The average molecular weight is 360 g/mol. The Morgan fingerprint density at radius 2 is 1.93 bits per heavy atom. The van der Waals surface area contributed by atoms with Gasteiger partial charge in [-0.3, -0.25) is 4.79 Å². The molecular formula is C21H20N4O2. The van der Waals surface area contributed by atoms with Crippen molar-refractivity contribution >= 4 is 16.8 Å². The van der Waals surface area contributed by atoms with Crippen LogP contribution in [0.5, 0.6) is 0 Å². The summed E-state index contributed by atoms with van der Waals surface area (Å²) in [5.41, 5.74) is 5.64. The van der Waals surface area contributed by atoms with E-state index in [0.29, 0.717) is 17.4 Å². The van der Waals surface area contributed by atoms with Crippen LogP contribution in [0.3, 0.4) is 0 Å². The van der Waals surface area contributed by atoms with E-state index in [0.717, 1.165) is 27.6 Å². The van der Waals surface area contributed by atoms with Crippen molar-refractivity contribution in [2.45, 2.75) is 27.3 Å². The second kappa shape index (κ2) is 6.72. The number of rotatable bonds is 4.